The number of likely N-dealkylation sites (tertiary alicyclic amines) is 1. The number of rotatable bonds is 11. The fourth-order valence-corrected chi connectivity index (χ4v) is 3.81. The summed E-state index contributed by atoms with van der Waals surface area (Å²) in [6.07, 6.45) is 1.14. The van der Waals surface area contributed by atoms with Gasteiger partial charge in [0.25, 0.3) is 0 Å². The summed E-state index contributed by atoms with van der Waals surface area (Å²) in [5, 5.41) is 7.70. The molecular weight excluding hydrogens is 434 g/mol. The van der Waals surface area contributed by atoms with E-state index in [9.17, 15) is 24.0 Å². The number of hydrogen-bond donors (Lipinski definition) is 3. The summed E-state index contributed by atoms with van der Waals surface area (Å²) in [5.74, 6) is -1.73. The van der Waals surface area contributed by atoms with Gasteiger partial charge in [-0.25, -0.2) is 0 Å². The average molecular weight is 468 g/mol. The molecule has 3 heterocycles. The van der Waals surface area contributed by atoms with Crippen molar-refractivity contribution in [2.24, 2.45) is 0 Å². The van der Waals surface area contributed by atoms with Crippen molar-refractivity contribution in [3.05, 3.63) is 0 Å². The van der Waals surface area contributed by atoms with Gasteiger partial charge in [0.05, 0.1) is 32.9 Å². The highest BCUT2D eigenvalue weighted by Gasteiger charge is 2.50. The number of morpholine rings is 1. The van der Waals surface area contributed by atoms with Crippen LogP contribution in [-0.2, 0) is 33.4 Å². The van der Waals surface area contributed by atoms with Gasteiger partial charge in [-0.05, 0) is 20.3 Å². The van der Waals surface area contributed by atoms with Gasteiger partial charge >= 0.3 is 0 Å². The van der Waals surface area contributed by atoms with Crippen LogP contribution in [0.1, 0.15) is 26.7 Å². The number of ketones is 1. The Bertz CT molecular complexity index is 779. The lowest BCUT2D eigenvalue weighted by Crippen LogP contribution is -2.55. The molecule has 3 atom stereocenters. The Labute approximate surface area is 192 Å². The highest BCUT2D eigenvalue weighted by atomic mass is 16.6. The molecule has 12 nitrogen and oxygen atoms in total. The zero-order chi connectivity index (χ0) is 24.0. The van der Waals surface area contributed by atoms with Crippen molar-refractivity contribution >= 4 is 29.4 Å². The van der Waals surface area contributed by atoms with Gasteiger partial charge in [0, 0.05) is 32.6 Å². The van der Waals surface area contributed by atoms with Gasteiger partial charge in [0.15, 0.2) is 5.78 Å². The first-order valence-corrected chi connectivity index (χ1v) is 11.3. The fourth-order valence-electron chi connectivity index (χ4n) is 3.81. The van der Waals surface area contributed by atoms with Crippen molar-refractivity contribution < 1.29 is 33.4 Å². The Balaban J connectivity index is 1.44. The van der Waals surface area contributed by atoms with Gasteiger partial charge in [-0.15, -0.1) is 0 Å². The van der Waals surface area contributed by atoms with E-state index in [1.807, 2.05) is 4.90 Å². The maximum Gasteiger partial charge on any atom is 0.242 e. The van der Waals surface area contributed by atoms with E-state index in [1.165, 1.54) is 6.92 Å². The Hall–Kier alpha value is -2.57. The minimum atomic E-state index is -0.955. The first kappa shape index (κ1) is 25.1. The molecule has 3 aliphatic rings. The Kier molecular flexibility index (Phi) is 8.38. The number of carbonyl (C=O) groups excluding carboxylic acids is 5. The largest absolute Gasteiger partial charge is 0.379 e. The van der Waals surface area contributed by atoms with E-state index in [0.29, 0.717) is 45.7 Å². The molecule has 0 aromatic heterocycles. The van der Waals surface area contributed by atoms with E-state index < -0.39 is 29.5 Å². The molecule has 12 heteroatoms. The summed E-state index contributed by atoms with van der Waals surface area (Å²) < 4.78 is 10.4. The lowest BCUT2D eigenvalue weighted by Gasteiger charge is -2.26. The molecule has 0 radical (unpaired) electrons. The summed E-state index contributed by atoms with van der Waals surface area (Å²) in [7, 11) is 0. The van der Waals surface area contributed by atoms with Gasteiger partial charge in [0.1, 0.15) is 17.7 Å². The molecule has 3 N–H and O–H groups in total. The SMILES string of the molecule is C[C@H](NC(=O)CN1CCOCC1)C(=O)NCC(=O)N[C@@H](CN1CCCC1=O)C(=O)[C@@]1(C)CO1. The second-order valence-corrected chi connectivity index (χ2v) is 8.84. The topological polar surface area (TPSA) is 150 Å². The molecule has 0 unspecified atom stereocenters. The standard InChI is InChI=1S/C21H33N5O7/c1-14(23-17(28)12-25-6-8-32-9-7-25)20(31)22-10-16(27)24-15(19(30)21(2)13-33-21)11-26-5-3-4-18(26)29/h14-15H,3-13H2,1-2H3,(H,22,31)(H,23,28)(H,24,27)/t14-,15-,21+/m0/s1. The number of nitrogens with zero attached hydrogens (tertiary/aromatic N) is 2. The number of nitrogens with one attached hydrogen (secondary N) is 3. The number of hydrogen-bond acceptors (Lipinski definition) is 8. The molecule has 3 fully saturated rings. The van der Waals surface area contributed by atoms with Crippen LogP contribution >= 0.6 is 0 Å². The van der Waals surface area contributed by atoms with Crippen LogP contribution in [0.4, 0.5) is 0 Å². The van der Waals surface area contributed by atoms with Gasteiger partial charge < -0.3 is 30.3 Å². The highest BCUT2D eigenvalue weighted by Crippen LogP contribution is 2.28. The molecule has 3 rings (SSSR count). The zero-order valence-corrected chi connectivity index (χ0v) is 19.2. The van der Waals surface area contributed by atoms with Crippen molar-refractivity contribution in [3.63, 3.8) is 0 Å². The molecule has 0 aromatic carbocycles. The fraction of sp³-hybridized carbons (Fsp3) is 0.762. The zero-order valence-electron chi connectivity index (χ0n) is 19.2. The van der Waals surface area contributed by atoms with Crippen LogP contribution in [0.25, 0.3) is 0 Å². The monoisotopic (exact) mass is 467 g/mol. The second-order valence-electron chi connectivity index (χ2n) is 8.84. The highest BCUT2D eigenvalue weighted by molar-refractivity contribution is 5.98. The second kappa shape index (κ2) is 11.0. The third-order valence-corrected chi connectivity index (χ3v) is 5.99. The quantitative estimate of drug-likeness (QED) is 0.280. The first-order chi connectivity index (χ1) is 15.7. The summed E-state index contributed by atoms with van der Waals surface area (Å²) in [5.41, 5.74) is -0.955. The van der Waals surface area contributed by atoms with Crippen LogP contribution in [0.5, 0.6) is 0 Å². The Morgan fingerprint density at radius 1 is 1.09 bits per heavy atom. The normalized spacial score (nSPS) is 24.7. The number of epoxide rings is 1. The van der Waals surface area contributed by atoms with E-state index >= 15 is 0 Å². The molecule has 0 saturated carbocycles. The molecule has 0 aliphatic carbocycles. The van der Waals surface area contributed by atoms with E-state index in [1.54, 1.807) is 11.8 Å². The van der Waals surface area contributed by atoms with Gasteiger partial charge in [-0.3, -0.25) is 28.9 Å². The van der Waals surface area contributed by atoms with Crippen LogP contribution in [0.15, 0.2) is 0 Å². The molecule has 184 valence electrons. The maximum atomic E-state index is 12.8. The number of Topliss-reactive ketones (excluding diaryl/α,β-unsaturated/α-hetero) is 1. The third kappa shape index (κ3) is 7.21. The number of ether oxygens (including phenoxy) is 2. The van der Waals surface area contributed by atoms with Crippen LogP contribution < -0.4 is 16.0 Å². The molecule has 33 heavy (non-hydrogen) atoms. The lowest BCUT2D eigenvalue weighted by molar-refractivity contribution is -0.134. The van der Waals surface area contributed by atoms with Crippen LogP contribution in [0, 0.1) is 0 Å². The van der Waals surface area contributed by atoms with Crippen molar-refractivity contribution in [2.75, 3.05) is 59.1 Å². The van der Waals surface area contributed by atoms with Gasteiger partial charge in [-0.2, -0.15) is 0 Å². The van der Waals surface area contributed by atoms with Crippen molar-refractivity contribution in [2.45, 2.75) is 44.4 Å². The number of carbonyl (C=O) groups is 5. The van der Waals surface area contributed by atoms with E-state index in [0.717, 1.165) is 0 Å². The minimum absolute atomic E-state index is 0.0566. The van der Waals surface area contributed by atoms with E-state index in [2.05, 4.69) is 16.0 Å². The van der Waals surface area contributed by atoms with Gasteiger partial charge in [-0.1, -0.05) is 0 Å². The molecule has 3 aliphatic heterocycles. The van der Waals surface area contributed by atoms with Crippen molar-refractivity contribution in [3.8, 4) is 0 Å². The Morgan fingerprint density at radius 2 is 1.79 bits per heavy atom. The average Bonchev–Trinajstić information content (AvgIpc) is 3.41. The van der Waals surface area contributed by atoms with Crippen LogP contribution in [-0.4, -0.2) is 116 Å². The summed E-state index contributed by atoms with van der Waals surface area (Å²) in [4.78, 5) is 65.1. The molecule has 3 saturated heterocycles. The third-order valence-electron chi connectivity index (χ3n) is 5.99. The molecule has 0 spiro atoms. The molecule has 4 amide bonds. The summed E-state index contributed by atoms with van der Waals surface area (Å²) in [6, 6.07) is -1.75. The van der Waals surface area contributed by atoms with Crippen LogP contribution in [0.3, 0.4) is 0 Å². The maximum absolute atomic E-state index is 12.8. The molecule has 0 bridgehead atoms. The summed E-state index contributed by atoms with van der Waals surface area (Å²) in [6.45, 7) is 6.30. The van der Waals surface area contributed by atoms with Crippen LogP contribution in [0.2, 0.25) is 0 Å². The van der Waals surface area contributed by atoms with Crippen molar-refractivity contribution in [1.29, 1.82) is 0 Å². The lowest BCUT2D eigenvalue weighted by atomic mass is 10.00. The predicted molar refractivity (Wildman–Crippen MR) is 115 cm³/mol. The number of amides is 4. The summed E-state index contributed by atoms with van der Waals surface area (Å²) >= 11 is 0. The van der Waals surface area contributed by atoms with Gasteiger partial charge in [0.2, 0.25) is 23.6 Å². The smallest absolute Gasteiger partial charge is 0.242 e. The predicted octanol–water partition coefficient (Wildman–Crippen LogP) is -2.60. The minimum Gasteiger partial charge on any atom is -0.379 e. The van der Waals surface area contributed by atoms with E-state index in [-0.39, 0.29) is 43.8 Å². The first-order valence-electron chi connectivity index (χ1n) is 11.3. The van der Waals surface area contributed by atoms with E-state index in [4.69, 9.17) is 9.47 Å². The molecular formula is C21H33N5O7. The Morgan fingerprint density at radius 3 is 2.39 bits per heavy atom. The van der Waals surface area contributed by atoms with Crippen molar-refractivity contribution in [1.82, 2.24) is 25.8 Å². The molecule has 0 aromatic rings.